The molecule has 3 fully saturated rings. The van der Waals surface area contributed by atoms with Crippen LogP contribution in [0.15, 0.2) is 28.4 Å². The van der Waals surface area contributed by atoms with Gasteiger partial charge in [-0.2, -0.15) is 0 Å². The maximum Gasteiger partial charge on any atom is 0.372 e. The summed E-state index contributed by atoms with van der Waals surface area (Å²) in [6.07, 6.45) is 6.71. The van der Waals surface area contributed by atoms with Crippen molar-refractivity contribution in [3.8, 4) is 0 Å². The van der Waals surface area contributed by atoms with Gasteiger partial charge in [0.2, 0.25) is 5.76 Å². The van der Waals surface area contributed by atoms with Crippen molar-refractivity contribution < 1.29 is 34.1 Å². The van der Waals surface area contributed by atoms with Crippen LogP contribution in [0, 0.1) is 28.6 Å². The first-order valence-corrected chi connectivity index (χ1v) is 12.0. The molecule has 0 aromatic carbocycles. The van der Waals surface area contributed by atoms with E-state index in [4.69, 9.17) is 4.42 Å². The van der Waals surface area contributed by atoms with Crippen molar-refractivity contribution in [1.82, 2.24) is 0 Å². The highest BCUT2D eigenvalue weighted by Gasteiger charge is 2.69. The third kappa shape index (κ3) is 2.78. The average molecular weight is 457 g/mol. The number of aromatic carboxylic acids is 1. The molecule has 7 nitrogen and oxygen atoms in total. The van der Waals surface area contributed by atoms with E-state index in [1.54, 1.807) is 12.1 Å². The number of ketones is 2. The Balaban J connectivity index is 1.63. The summed E-state index contributed by atoms with van der Waals surface area (Å²) in [5.41, 5.74) is -0.731. The van der Waals surface area contributed by atoms with Gasteiger partial charge in [0.05, 0.1) is 17.8 Å². The summed E-state index contributed by atoms with van der Waals surface area (Å²) in [7, 11) is 0. The maximum absolute atomic E-state index is 13.5. The first-order valence-electron chi connectivity index (χ1n) is 12.0. The molecule has 0 amide bonds. The molecule has 0 aliphatic heterocycles. The molecule has 1 heterocycles. The molecule has 1 aromatic rings. The molecular weight excluding hydrogens is 424 g/mol. The van der Waals surface area contributed by atoms with Gasteiger partial charge in [0, 0.05) is 12.0 Å². The molecule has 4 aliphatic carbocycles. The van der Waals surface area contributed by atoms with Crippen LogP contribution in [0.25, 0.3) is 0 Å². The number of aliphatic hydroxyl groups is 2. The van der Waals surface area contributed by atoms with Crippen molar-refractivity contribution >= 4 is 17.5 Å². The number of hydrogen-bond acceptors (Lipinski definition) is 6. The fourth-order valence-corrected chi connectivity index (χ4v) is 8.71. The van der Waals surface area contributed by atoms with Gasteiger partial charge in [-0.05, 0) is 79.3 Å². The molecule has 0 spiro atoms. The van der Waals surface area contributed by atoms with Crippen LogP contribution in [-0.2, 0) is 15.0 Å². The topological polar surface area (TPSA) is 125 Å². The Kier molecular flexibility index (Phi) is 5.04. The fraction of sp³-hybridized carbons (Fsp3) is 0.654. The van der Waals surface area contributed by atoms with Crippen molar-refractivity contribution in [2.75, 3.05) is 6.61 Å². The zero-order valence-electron chi connectivity index (χ0n) is 19.2. The van der Waals surface area contributed by atoms with E-state index in [0.29, 0.717) is 31.2 Å². The Morgan fingerprint density at radius 1 is 1.18 bits per heavy atom. The molecule has 4 aliphatic rings. The number of hydrogen-bond donors (Lipinski definition) is 3. The number of carbonyl (C=O) groups excluding carboxylic acids is 2. The Morgan fingerprint density at radius 2 is 1.94 bits per heavy atom. The second-order valence-electron chi connectivity index (χ2n) is 11.1. The fourth-order valence-electron chi connectivity index (χ4n) is 8.71. The largest absolute Gasteiger partial charge is 0.475 e. The summed E-state index contributed by atoms with van der Waals surface area (Å²) in [5, 5.41) is 31.3. The first-order chi connectivity index (χ1) is 15.6. The lowest BCUT2D eigenvalue weighted by Gasteiger charge is -2.61. The molecule has 3 N–H and O–H groups in total. The normalized spacial score (nSPS) is 42.2. The third-order valence-electron chi connectivity index (χ3n) is 10.0. The molecule has 3 saturated carbocycles. The highest BCUT2D eigenvalue weighted by atomic mass is 16.4. The molecule has 0 bridgehead atoms. The summed E-state index contributed by atoms with van der Waals surface area (Å²) in [4.78, 5) is 37.5. The second-order valence-corrected chi connectivity index (χ2v) is 11.1. The van der Waals surface area contributed by atoms with Gasteiger partial charge >= 0.3 is 5.97 Å². The smallest absolute Gasteiger partial charge is 0.372 e. The van der Waals surface area contributed by atoms with E-state index >= 15 is 0 Å². The third-order valence-corrected chi connectivity index (χ3v) is 10.0. The Labute approximate surface area is 192 Å². The molecule has 178 valence electrons. The number of carboxylic acid groups (broad SMARTS) is 1. The van der Waals surface area contributed by atoms with Crippen molar-refractivity contribution in [2.45, 2.75) is 70.3 Å². The number of rotatable bonds is 4. The molecule has 1 aromatic heterocycles. The number of allylic oxidation sites excluding steroid dienone is 1. The van der Waals surface area contributed by atoms with Crippen LogP contribution in [-0.4, -0.2) is 45.6 Å². The minimum Gasteiger partial charge on any atom is -0.475 e. The molecular formula is C26H32O7. The number of carboxylic acids is 1. The predicted molar refractivity (Wildman–Crippen MR) is 118 cm³/mol. The van der Waals surface area contributed by atoms with E-state index < -0.39 is 35.3 Å². The van der Waals surface area contributed by atoms with Crippen LogP contribution in [0.5, 0.6) is 0 Å². The minimum absolute atomic E-state index is 0.00741. The van der Waals surface area contributed by atoms with Crippen LogP contribution in [0.1, 0.15) is 74.9 Å². The summed E-state index contributed by atoms with van der Waals surface area (Å²) in [5.74, 6) is -1.52. The summed E-state index contributed by atoms with van der Waals surface area (Å²) >= 11 is 0. The van der Waals surface area contributed by atoms with Gasteiger partial charge in [0.25, 0.3) is 0 Å². The van der Waals surface area contributed by atoms with E-state index in [1.165, 1.54) is 6.26 Å². The lowest BCUT2D eigenvalue weighted by Crippen LogP contribution is -2.61. The lowest BCUT2D eigenvalue weighted by molar-refractivity contribution is -0.151. The lowest BCUT2D eigenvalue weighted by atomic mass is 9.43. The van der Waals surface area contributed by atoms with Crippen molar-refractivity contribution in [3.05, 3.63) is 35.3 Å². The first kappa shape index (κ1) is 22.5. The number of fused-ring (bicyclic) bond motifs is 5. The number of aliphatic hydroxyl groups excluding tert-OH is 2. The molecule has 0 radical (unpaired) electrons. The van der Waals surface area contributed by atoms with Crippen LogP contribution in [0.4, 0.5) is 0 Å². The van der Waals surface area contributed by atoms with Crippen LogP contribution < -0.4 is 0 Å². The van der Waals surface area contributed by atoms with Crippen molar-refractivity contribution in [2.24, 2.45) is 28.6 Å². The van der Waals surface area contributed by atoms with Crippen molar-refractivity contribution in [1.29, 1.82) is 0 Å². The molecule has 0 saturated heterocycles. The monoisotopic (exact) mass is 456 g/mol. The van der Waals surface area contributed by atoms with Gasteiger partial charge < -0.3 is 19.7 Å². The molecule has 7 heteroatoms. The average Bonchev–Trinajstić information content (AvgIpc) is 3.36. The zero-order valence-corrected chi connectivity index (χ0v) is 19.2. The highest BCUT2D eigenvalue weighted by molar-refractivity contribution is 5.97. The van der Waals surface area contributed by atoms with E-state index in [1.807, 2.05) is 6.92 Å². The Hall–Kier alpha value is -2.25. The van der Waals surface area contributed by atoms with Gasteiger partial charge in [-0.3, -0.25) is 9.59 Å². The molecule has 33 heavy (non-hydrogen) atoms. The quantitative estimate of drug-likeness (QED) is 0.635. The van der Waals surface area contributed by atoms with Gasteiger partial charge in [-0.15, -0.1) is 0 Å². The second kappa shape index (κ2) is 7.37. The molecule has 3 unspecified atom stereocenters. The number of carbonyl (C=O) groups is 3. The summed E-state index contributed by atoms with van der Waals surface area (Å²) in [6.45, 7) is 3.48. The van der Waals surface area contributed by atoms with Gasteiger partial charge in [-0.25, -0.2) is 4.79 Å². The van der Waals surface area contributed by atoms with E-state index in [0.717, 1.165) is 24.8 Å². The van der Waals surface area contributed by atoms with Crippen LogP contribution >= 0.6 is 0 Å². The highest BCUT2D eigenvalue weighted by Crippen LogP contribution is 2.70. The van der Waals surface area contributed by atoms with Crippen molar-refractivity contribution in [3.63, 3.8) is 0 Å². The summed E-state index contributed by atoms with van der Waals surface area (Å²) < 4.78 is 5.28. The summed E-state index contributed by atoms with van der Waals surface area (Å²) in [6, 6.07) is 1.55. The molecule has 7 atom stereocenters. The zero-order chi connectivity index (χ0) is 23.8. The van der Waals surface area contributed by atoms with E-state index in [-0.39, 0.29) is 34.7 Å². The number of Topliss-reactive ketones (excluding diaryl/α,β-unsaturated/α-hetero) is 1. The maximum atomic E-state index is 13.5. The van der Waals surface area contributed by atoms with Gasteiger partial charge in [0.1, 0.15) is 6.61 Å². The SMILES string of the molecule is C[C@]12CCC(=O)C=C1CCC1C2[C@@H](O)C[C@@]2(C)C1CC[C@]2(C(=O)CO)c1ccoc1C(=O)O. The van der Waals surface area contributed by atoms with Gasteiger partial charge in [-0.1, -0.05) is 19.4 Å². The Morgan fingerprint density at radius 3 is 2.64 bits per heavy atom. The molecule has 5 rings (SSSR count). The van der Waals surface area contributed by atoms with E-state index in [2.05, 4.69) is 6.92 Å². The van der Waals surface area contributed by atoms with Crippen LogP contribution in [0.2, 0.25) is 0 Å². The van der Waals surface area contributed by atoms with E-state index in [9.17, 15) is 29.7 Å². The predicted octanol–water partition coefficient (Wildman–Crippen LogP) is 3.28. The van der Waals surface area contributed by atoms with Crippen LogP contribution in [0.3, 0.4) is 0 Å². The standard InChI is InChI=1S/C26H32O7/c1-24-8-5-15(28)11-14(24)3-4-16-17-6-9-26(20(30)13-27,18-7-10-33-22(18)23(31)32)25(17,2)12-19(29)21(16)24/h7,10-11,16-17,19,21,27,29H,3-6,8-9,12-13H2,1-2H3,(H,31,32)/t16?,17?,19-,21?,24-,25-,26+/m0/s1. The minimum atomic E-state index is -1.24. The Bertz CT molecular complexity index is 1050. The number of furan rings is 1. The van der Waals surface area contributed by atoms with Gasteiger partial charge in [0.15, 0.2) is 11.6 Å².